The third-order valence-electron chi connectivity index (χ3n) is 5.19. The van der Waals surface area contributed by atoms with Gasteiger partial charge in [0.1, 0.15) is 4.90 Å². The van der Waals surface area contributed by atoms with Crippen LogP contribution in [0.2, 0.25) is 0 Å². The van der Waals surface area contributed by atoms with Gasteiger partial charge in [-0.15, -0.1) is 0 Å². The molecule has 0 radical (unpaired) electrons. The van der Waals surface area contributed by atoms with Gasteiger partial charge >= 0.3 is 6.55 Å². The van der Waals surface area contributed by atoms with Gasteiger partial charge in [-0.3, -0.25) is 4.98 Å². The van der Waals surface area contributed by atoms with E-state index in [1.807, 2.05) is 30.3 Å². The molecule has 0 bridgehead atoms. The highest BCUT2D eigenvalue weighted by molar-refractivity contribution is 7.89. The highest BCUT2D eigenvalue weighted by atomic mass is 32.2. The molecule has 7 nitrogen and oxygen atoms in total. The number of anilines is 1. The Balaban J connectivity index is 1.56. The van der Waals surface area contributed by atoms with Crippen molar-refractivity contribution in [3.63, 3.8) is 0 Å². The Morgan fingerprint density at radius 1 is 1.21 bits per heavy atom. The normalized spacial score (nSPS) is 17.6. The maximum absolute atomic E-state index is 13.1. The van der Waals surface area contributed by atoms with Gasteiger partial charge in [-0.25, -0.2) is 17.8 Å². The number of hydrogen-bond acceptors (Lipinski definition) is 5. The Hall–Kier alpha value is -2.59. The maximum Gasteiger partial charge on any atom is 0.333 e. The highest BCUT2D eigenvalue weighted by Crippen LogP contribution is 2.29. The molecule has 29 heavy (non-hydrogen) atoms. The van der Waals surface area contributed by atoms with Crippen LogP contribution < -0.4 is 9.62 Å². The Morgan fingerprint density at radius 3 is 2.72 bits per heavy atom. The lowest BCUT2D eigenvalue weighted by atomic mass is 10.1. The van der Waals surface area contributed by atoms with Crippen molar-refractivity contribution < 1.29 is 17.2 Å². The fourth-order valence-corrected chi connectivity index (χ4v) is 5.60. The molecule has 0 aliphatic carbocycles. The number of hydrogen-bond donors (Lipinski definition) is 1. The number of benzene rings is 1. The van der Waals surface area contributed by atoms with Crippen LogP contribution in [0, 0.1) is 13.8 Å². The minimum atomic E-state index is -3.97. The Kier molecular flexibility index (Phi) is 4.99. The average molecular weight is 421 g/mol. The predicted octanol–water partition coefficient (Wildman–Crippen LogP) is 3.00. The molecule has 3 heterocycles. The largest absolute Gasteiger partial charge is 0.369 e. The first kappa shape index (κ1) is 19.7. The molecule has 1 N–H and O–H groups in total. The first-order valence-electron chi connectivity index (χ1n) is 9.23. The molecule has 0 spiro atoms. The molecule has 1 aliphatic heterocycles. The quantitative estimate of drug-likeness (QED) is 0.685. The molecular formula is C19H21F2N5O2S. The molecule has 10 heteroatoms. The number of aromatic nitrogens is 3. The minimum absolute atomic E-state index is 0.0604. The molecule has 1 atom stereocenters. The molecule has 3 aromatic rings. The number of fused-ring (bicyclic) bond motifs is 1. The Bertz CT molecular complexity index is 1160. The van der Waals surface area contributed by atoms with Crippen molar-refractivity contribution in [2.24, 2.45) is 0 Å². The lowest BCUT2D eigenvalue weighted by molar-refractivity contribution is 0.0538. The summed E-state index contributed by atoms with van der Waals surface area (Å²) in [5, 5.41) is 4.68. The lowest BCUT2D eigenvalue weighted by Gasteiger charge is -2.21. The number of alkyl halides is 2. The van der Waals surface area contributed by atoms with Crippen LogP contribution in [0.15, 0.2) is 41.4 Å². The van der Waals surface area contributed by atoms with Crippen molar-refractivity contribution in [3.8, 4) is 0 Å². The van der Waals surface area contributed by atoms with Crippen LogP contribution in [0.1, 0.15) is 24.4 Å². The van der Waals surface area contributed by atoms with Crippen LogP contribution in [0.5, 0.6) is 0 Å². The third-order valence-corrected chi connectivity index (χ3v) is 6.96. The molecule has 1 fully saturated rings. The van der Waals surface area contributed by atoms with Gasteiger partial charge in [-0.05, 0) is 44.5 Å². The van der Waals surface area contributed by atoms with Gasteiger partial charge in [0.25, 0.3) is 0 Å². The molecule has 0 unspecified atom stereocenters. The second-order valence-electron chi connectivity index (χ2n) is 7.12. The topological polar surface area (TPSA) is 80.1 Å². The first-order chi connectivity index (χ1) is 13.8. The van der Waals surface area contributed by atoms with Crippen LogP contribution >= 0.6 is 0 Å². The molecular weight excluding hydrogens is 400 g/mol. The number of rotatable bonds is 5. The zero-order chi connectivity index (χ0) is 20.8. The first-order valence-corrected chi connectivity index (χ1v) is 10.7. The van der Waals surface area contributed by atoms with Crippen LogP contribution in [-0.2, 0) is 10.0 Å². The van der Waals surface area contributed by atoms with Crippen molar-refractivity contribution in [2.45, 2.75) is 37.8 Å². The van der Waals surface area contributed by atoms with E-state index in [2.05, 4.69) is 19.7 Å². The number of aryl methyl sites for hydroxylation is 1. The van der Waals surface area contributed by atoms with Crippen molar-refractivity contribution >= 4 is 26.6 Å². The maximum atomic E-state index is 13.1. The fourth-order valence-electron chi connectivity index (χ4n) is 3.94. The summed E-state index contributed by atoms with van der Waals surface area (Å²) >= 11 is 0. The number of nitrogens with one attached hydrogen (secondary N) is 1. The van der Waals surface area contributed by atoms with E-state index in [-0.39, 0.29) is 22.3 Å². The third kappa shape index (κ3) is 3.58. The van der Waals surface area contributed by atoms with E-state index in [0.717, 1.165) is 16.6 Å². The zero-order valence-electron chi connectivity index (χ0n) is 16.0. The summed E-state index contributed by atoms with van der Waals surface area (Å²) in [5.41, 5.74) is 1.86. The van der Waals surface area contributed by atoms with Gasteiger partial charge in [0.05, 0.1) is 16.9 Å². The molecule has 1 aromatic carbocycles. The predicted molar refractivity (Wildman–Crippen MR) is 106 cm³/mol. The van der Waals surface area contributed by atoms with Crippen LogP contribution in [0.3, 0.4) is 0 Å². The highest BCUT2D eigenvalue weighted by Gasteiger charge is 2.32. The van der Waals surface area contributed by atoms with E-state index < -0.39 is 16.6 Å². The number of nitrogens with zero attached hydrogens (tertiary/aromatic N) is 4. The second-order valence-corrected chi connectivity index (χ2v) is 8.77. The molecule has 154 valence electrons. The Labute approximate surface area is 167 Å². The van der Waals surface area contributed by atoms with E-state index >= 15 is 0 Å². The number of pyridine rings is 1. The van der Waals surface area contributed by atoms with Gasteiger partial charge in [-0.1, -0.05) is 6.07 Å². The van der Waals surface area contributed by atoms with Gasteiger partial charge in [0.15, 0.2) is 0 Å². The van der Waals surface area contributed by atoms with Crippen molar-refractivity contribution in [1.29, 1.82) is 0 Å². The molecule has 1 saturated heterocycles. The van der Waals surface area contributed by atoms with E-state index in [1.54, 1.807) is 6.20 Å². The van der Waals surface area contributed by atoms with Crippen molar-refractivity contribution in [1.82, 2.24) is 19.5 Å². The standard InChI is InChI=1S/C19H21F2N5O2S/c1-12-18(13(2)26(23-12)19(20)21)29(27,28)24-14-8-10-25(11-14)17-7-3-6-16-15(17)5-4-9-22-16/h3-7,9,14,19,24H,8,10-11H2,1-2H3/t14-/m0/s1. The second kappa shape index (κ2) is 7.34. The summed E-state index contributed by atoms with van der Waals surface area (Å²) in [6, 6.07) is 9.37. The molecule has 4 rings (SSSR count). The number of halogens is 2. The SMILES string of the molecule is Cc1nn(C(F)F)c(C)c1S(=O)(=O)N[C@H]1CCN(c2cccc3ncccc23)C1. The van der Waals surface area contributed by atoms with Crippen LogP contribution in [0.4, 0.5) is 14.5 Å². The summed E-state index contributed by atoms with van der Waals surface area (Å²) in [6.45, 7) is 1.03. The Morgan fingerprint density at radius 2 is 2.00 bits per heavy atom. The van der Waals surface area contributed by atoms with Gasteiger partial charge in [-0.2, -0.15) is 13.9 Å². The van der Waals surface area contributed by atoms with E-state index in [1.165, 1.54) is 13.8 Å². The van der Waals surface area contributed by atoms with Gasteiger partial charge in [0.2, 0.25) is 10.0 Å². The smallest absolute Gasteiger partial charge is 0.333 e. The molecule has 1 aliphatic rings. The summed E-state index contributed by atoms with van der Waals surface area (Å²) in [4.78, 5) is 6.29. The van der Waals surface area contributed by atoms with Crippen molar-refractivity contribution in [2.75, 3.05) is 18.0 Å². The van der Waals surface area contributed by atoms with E-state index in [9.17, 15) is 17.2 Å². The zero-order valence-corrected chi connectivity index (χ0v) is 16.8. The lowest BCUT2D eigenvalue weighted by Crippen LogP contribution is -2.37. The minimum Gasteiger partial charge on any atom is -0.369 e. The number of sulfonamides is 1. The monoisotopic (exact) mass is 421 g/mol. The summed E-state index contributed by atoms with van der Waals surface area (Å²) in [6.07, 6.45) is 2.34. The average Bonchev–Trinajstić information content (AvgIpc) is 3.24. The van der Waals surface area contributed by atoms with Crippen LogP contribution in [0.25, 0.3) is 10.9 Å². The van der Waals surface area contributed by atoms with Gasteiger partial charge < -0.3 is 4.90 Å². The van der Waals surface area contributed by atoms with Crippen LogP contribution in [-0.4, -0.2) is 42.3 Å². The summed E-state index contributed by atoms with van der Waals surface area (Å²) in [7, 11) is -3.97. The fraction of sp³-hybridized carbons (Fsp3) is 0.368. The van der Waals surface area contributed by atoms with Crippen molar-refractivity contribution in [3.05, 3.63) is 47.9 Å². The van der Waals surface area contributed by atoms with E-state index in [0.29, 0.717) is 24.2 Å². The molecule has 0 amide bonds. The molecule has 0 saturated carbocycles. The summed E-state index contributed by atoms with van der Waals surface area (Å²) in [5.74, 6) is 0. The van der Waals surface area contributed by atoms with Gasteiger partial charge in [0, 0.05) is 36.4 Å². The summed E-state index contributed by atoms with van der Waals surface area (Å²) < 4.78 is 55.0. The molecule has 2 aromatic heterocycles. The van der Waals surface area contributed by atoms with E-state index in [4.69, 9.17) is 0 Å².